The number of halogens is 3. The molecule has 0 aromatic carbocycles. The number of aromatic nitrogens is 2. The predicted molar refractivity (Wildman–Crippen MR) is 63.8 cm³/mol. The summed E-state index contributed by atoms with van der Waals surface area (Å²) in [6.45, 7) is 2.66. The van der Waals surface area contributed by atoms with E-state index in [1.54, 1.807) is 0 Å². The number of nitrogens with zero attached hydrogens (tertiary/aromatic N) is 3. The third-order valence-corrected chi connectivity index (χ3v) is 3.86. The van der Waals surface area contributed by atoms with Crippen molar-refractivity contribution in [2.24, 2.45) is 5.92 Å². The first-order valence-corrected chi connectivity index (χ1v) is 6.43. The largest absolute Gasteiger partial charge is 0.435 e. The number of fused-ring (bicyclic) bond motifs is 1. The first-order chi connectivity index (χ1) is 9.04. The van der Waals surface area contributed by atoms with Gasteiger partial charge in [0.1, 0.15) is 0 Å². The van der Waals surface area contributed by atoms with Gasteiger partial charge in [-0.3, -0.25) is 0 Å². The molecule has 19 heavy (non-hydrogen) atoms. The van der Waals surface area contributed by atoms with Crippen molar-refractivity contribution >= 4 is 5.82 Å². The van der Waals surface area contributed by atoms with E-state index < -0.39 is 11.9 Å². The fourth-order valence-electron chi connectivity index (χ4n) is 2.88. The Balaban J connectivity index is 1.73. The molecule has 0 radical (unpaired) electrons. The molecule has 2 aliphatic rings. The van der Waals surface area contributed by atoms with Crippen molar-refractivity contribution in [1.29, 1.82) is 0 Å². The Kier molecular flexibility index (Phi) is 3.08. The number of hydrogen-bond acceptors (Lipinski definition) is 4. The second-order valence-electron chi connectivity index (χ2n) is 5.14. The highest BCUT2D eigenvalue weighted by atomic mass is 19.4. The van der Waals surface area contributed by atoms with Crippen LogP contribution < -0.4 is 10.2 Å². The molecule has 7 heteroatoms. The minimum Gasteiger partial charge on any atom is -0.353 e. The molecule has 3 heterocycles. The molecule has 0 spiro atoms. The average molecular weight is 272 g/mol. The second kappa shape index (κ2) is 4.63. The Bertz CT molecular complexity index is 431. The van der Waals surface area contributed by atoms with Crippen LogP contribution in [0, 0.1) is 5.92 Å². The van der Waals surface area contributed by atoms with Crippen LogP contribution in [0.25, 0.3) is 0 Å². The van der Waals surface area contributed by atoms with Gasteiger partial charge in [0, 0.05) is 19.1 Å². The van der Waals surface area contributed by atoms with E-state index in [1.807, 2.05) is 4.90 Å². The van der Waals surface area contributed by atoms with Crippen LogP contribution in [-0.4, -0.2) is 35.9 Å². The third-order valence-electron chi connectivity index (χ3n) is 3.86. The quantitative estimate of drug-likeness (QED) is 0.844. The van der Waals surface area contributed by atoms with E-state index >= 15 is 0 Å². The zero-order chi connectivity index (χ0) is 13.5. The lowest BCUT2D eigenvalue weighted by atomic mass is 9.94. The monoisotopic (exact) mass is 272 g/mol. The van der Waals surface area contributed by atoms with Gasteiger partial charge in [-0.1, -0.05) is 0 Å². The maximum absolute atomic E-state index is 12.4. The SMILES string of the molecule is FC(F)(F)c1ccc(N2C[C@@H]3CCCN[C@@H]3C2)nn1. The topological polar surface area (TPSA) is 41.0 Å². The van der Waals surface area contributed by atoms with Crippen molar-refractivity contribution in [2.75, 3.05) is 24.5 Å². The molecule has 1 aromatic heterocycles. The third kappa shape index (κ3) is 2.51. The molecule has 2 saturated heterocycles. The molecule has 2 atom stereocenters. The van der Waals surface area contributed by atoms with Crippen molar-refractivity contribution in [1.82, 2.24) is 15.5 Å². The Hall–Kier alpha value is -1.37. The van der Waals surface area contributed by atoms with E-state index in [4.69, 9.17) is 0 Å². The Morgan fingerprint density at radius 2 is 2.05 bits per heavy atom. The zero-order valence-electron chi connectivity index (χ0n) is 10.3. The fraction of sp³-hybridized carbons (Fsp3) is 0.667. The van der Waals surface area contributed by atoms with Crippen molar-refractivity contribution in [3.8, 4) is 0 Å². The lowest BCUT2D eigenvalue weighted by molar-refractivity contribution is -0.141. The molecule has 0 aliphatic carbocycles. The molecule has 4 nitrogen and oxygen atoms in total. The van der Waals surface area contributed by atoms with Crippen molar-refractivity contribution in [3.05, 3.63) is 17.8 Å². The molecule has 104 valence electrons. The number of hydrogen-bond donors (Lipinski definition) is 1. The van der Waals surface area contributed by atoms with Gasteiger partial charge in [0.2, 0.25) is 0 Å². The normalized spacial score (nSPS) is 27.4. The van der Waals surface area contributed by atoms with E-state index in [2.05, 4.69) is 15.5 Å². The van der Waals surface area contributed by atoms with Gasteiger partial charge < -0.3 is 10.2 Å². The highest BCUT2D eigenvalue weighted by Crippen LogP contribution is 2.30. The molecule has 1 aromatic rings. The van der Waals surface area contributed by atoms with Crippen LogP contribution in [0.1, 0.15) is 18.5 Å². The number of anilines is 1. The van der Waals surface area contributed by atoms with Gasteiger partial charge in [-0.15, -0.1) is 10.2 Å². The summed E-state index contributed by atoms with van der Waals surface area (Å²) in [5.74, 6) is 1.10. The minimum absolute atomic E-state index is 0.429. The molecule has 0 bridgehead atoms. The first-order valence-electron chi connectivity index (χ1n) is 6.43. The fourth-order valence-corrected chi connectivity index (χ4v) is 2.88. The summed E-state index contributed by atoms with van der Waals surface area (Å²) >= 11 is 0. The summed E-state index contributed by atoms with van der Waals surface area (Å²) in [6, 6.07) is 2.84. The molecule has 0 unspecified atom stereocenters. The Labute approximate surface area is 109 Å². The Morgan fingerprint density at radius 1 is 1.21 bits per heavy atom. The van der Waals surface area contributed by atoms with Gasteiger partial charge in [-0.25, -0.2) is 0 Å². The molecule has 3 rings (SSSR count). The number of nitrogens with one attached hydrogen (secondary N) is 1. The molecular weight excluding hydrogens is 257 g/mol. The van der Waals surface area contributed by atoms with Crippen LogP contribution in [-0.2, 0) is 6.18 Å². The lowest BCUT2D eigenvalue weighted by Gasteiger charge is -2.24. The number of piperidine rings is 1. The summed E-state index contributed by atoms with van der Waals surface area (Å²) < 4.78 is 37.2. The van der Waals surface area contributed by atoms with E-state index in [9.17, 15) is 13.2 Å². The highest BCUT2D eigenvalue weighted by molar-refractivity contribution is 5.40. The summed E-state index contributed by atoms with van der Waals surface area (Å²) in [6.07, 6.45) is -2.10. The highest BCUT2D eigenvalue weighted by Gasteiger charge is 2.36. The van der Waals surface area contributed by atoms with Crippen molar-refractivity contribution in [2.45, 2.75) is 25.1 Å². The van der Waals surface area contributed by atoms with Gasteiger partial charge >= 0.3 is 6.18 Å². The maximum Gasteiger partial charge on any atom is 0.435 e. The van der Waals surface area contributed by atoms with Crippen LogP contribution in [0.2, 0.25) is 0 Å². The Morgan fingerprint density at radius 3 is 2.68 bits per heavy atom. The van der Waals surface area contributed by atoms with Crippen LogP contribution in [0.5, 0.6) is 0 Å². The standard InChI is InChI=1S/C12H15F3N4/c13-12(14,15)10-3-4-11(18-17-10)19-6-8-2-1-5-16-9(8)7-19/h3-4,8-9,16H,1-2,5-7H2/t8-,9+/m0/s1. The zero-order valence-corrected chi connectivity index (χ0v) is 10.3. The maximum atomic E-state index is 12.4. The van der Waals surface area contributed by atoms with E-state index in [0.717, 1.165) is 32.1 Å². The average Bonchev–Trinajstić information content (AvgIpc) is 2.81. The summed E-state index contributed by atoms with van der Waals surface area (Å²) in [5.41, 5.74) is -0.939. The first kappa shape index (κ1) is 12.7. The van der Waals surface area contributed by atoms with Crippen molar-refractivity contribution < 1.29 is 13.2 Å². The van der Waals surface area contributed by atoms with E-state index in [0.29, 0.717) is 17.8 Å². The van der Waals surface area contributed by atoms with Crippen molar-refractivity contribution in [3.63, 3.8) is 0 Å². The molecule has 2 aliphatic heterocycles. The van der Waals surface area contributed by atoms with E-state index in [-0.39, 0.29) is 0 Å². The summed E-state index contributed by atoms with van der Waals surface area (Å²) in [7, 11) is 0. The van der Waals surface area contributed by atoms with E-state index in [1.165, 1.54) is 12.5 Å². The number of alkyl halides is 3. The minimum atomic E-state index is -4.42. The van der Waals surface area contributed by atoms with Crippen LogP contribution in [0.15, 0.2) is 12.1 Å². The van der Waals surface area contributed by atoms with Gasteiger partial charge in [0.15, 0.2) is 11.5 Å². The van der Waals surface area contributed by atoms with Gasteiger partial charge in [0.25, 0.3) is 0 Å². The molecule has 0 saturated carbocycles. The van der Waals surface area contributed by atoms with Crippen LogP contribution in [0.4, 0.5) is 19.0 Å². The molecule has 1 N–H and O–H groups in total. The predicted octanol–water partition coefficient (Wildman–Crippen LogP) is 1.68. The van der Waals surface area contributed by atoms with Crippen LogP contribution >= 0.6 is 0 Å². The lowest BCUT2D eigenvalue weighted by Crippen LogP contribution is -2.40. The second-order valence-corrected chi connectivity index (χ2v) is 5.14. The van der Waals surface area contributed by atoms with Gasteiger partial charge in [-0.2, -0.15) is 13.2 Å². The number of rotatable bonds is 1. The molecule has 2 fully saturated rings. The smallest absolute Gasteiger partial charge is 0.353 e. The summed E-state index contributed by atoms with van der Waals surface area (Å²) in [4.78, 5) is 2.01. The molecule has 0 amide bonds. The van der Waals surface area contributed by atoms with Crippen LogP contribution in [0.3, 0.4) is 0 Å². The molecular formula is C12H15F3N4. The van der Waals surface area contributed by atoms with Gasteiger partial charge in [-0.05, 0) is 37.4 Å². The van der Waals surface area contributed by atoms with Gasteiger partial charge in [0.05, 0.1) is 0 Å². The summed E-state index contributed by atoms with van der Waals surface area (Å²) in [5, 5.41) is 10.4.